The Balaban J connectivity index is 1.68. The van der Waals surface area contributed by atoms with Crippen molar-refractivity contribution < 1.29 is 4.79 Å². The van der Waals surface area contributed by atoms with Crippen LogP contribution in [0.25, 0.3) is 0 Å². The van der Waals surface area contributed by atoms with Crippen LogP contribution < -0.4 is 10.6 Å². The van der Waals surface area contributed by atoms with Gasteiger partial charge in [0.1, 0.15) is 5.01 Å². The summed E-state index contributed by atoms with van der Waals surface area (Å²) in [4.78, 5) is 12.2. The molecule has 2 N–H and O–H groups in total. The van der Waals surface area contributed by atoms with Gasteiger partial charge in [0.25, 0.3) is 0 Å². The summed E-state index contributed by atoms with van der Waals surface area (Å²) in [6.45, 7) is 2.10. The van der Waals surface area contributed by atoms with E-state index in [0.29, 0.717) is 20.9 Å². The third-order valence-corrected chi connectivity index (χ3v) is 5.25. The number of carbonyl (C=O) groups is 1. The number of hydrogen-bond acceptors (Lipinski definition) is 4. The highest BCUT2D eigenvalue weighted by Crippen LogP contribution is 2.31. The minimum atomic E-state index is -0.440. The van der Waals surface area contributed by atoms with Gasteiger partial charge in [-0.05, 0) is 30.2 Å². The maximum Gasteiger partial charge on any atom is 0.325 e. The van der Waals surface area contributed by atoms with Gasteiger partial charge in [-0.25, -0.2) is 4.79 Å². The Hall–Kier alpha value is -2.15. The van der Waals surface area contributed by atoms with Crippen LogP contribution in [0, 0.1) is 0 Å². The first-order valence-corrected chi connectivity index (χ1v) is 9.55. The third kappa shape index (κ3) is 4.52. The Morgan fingerprint density at radius 2 is 1.88 bits per heavy atom. The third-order valence-electron chi connectivity index (χ3n) is 3.75. The van der Waals surface area contributed by atoms with Gasteiger partial charge in [-0.1, -0.05) is 71.8 Å². The minimum Gasteiger partial charge on any atom is -0.306 e. The normalized spacial score (nSPS) is 11.8. The zero-order valence-electron chi connectivity index (χ0n) is 13.9. The molecule has 26 heavy (non-hydrogen) atoms. The molecule has 0 fully saturated rings. The standard InChI is InChI=1S/C18H16Cl2N4OS/c1-2-13(11-6-4-3-5-7-11)16-23-24-18(26-16)22-17(25)21-15-9-8-12(19)10-14(15)20/h3-10,13H,2H2,1H3,(H2,21,22,24,25)/t13-/m0/s1. The Morgan fingerprint density at radius 3 is 2.58 bits per heavy atom. The SMILES string of the molecule is CC[C@@H](c1ccccc1)c1nnc(NC(=O)Nc2ccc(Cl)cc2Cl)s1. The van der Waals surface area contributed by atoms with Gasteiger partial charge in [0.2, 0.25) is 5.13 Å². The van der Waals surface area contributed by atoms with E-state index in [9.17, 15) is 4.79 Å². The Bertz CT molecular complexity index is 901. The molecular weight excluding hydrogens is 391 g/mol. The van der Waals surface area contributed by atoms with Crippen LogP contribution in [0.4, 0.5) is 15.6 Å². The van der Waals surface area contributed by atoms with E-state index in [2.05, 4.69) is 39.9 Å². The summed E-state index contributed by atoms with van der Waals surface area (Å²) in [7, 11) is 0. The quantitative estimate of drug-likeness (QED) is 0.543. The number of nitrogens with zero attached hydrogens (tertiary/aromatic N) is 2. The molecule has 2 aromatic carbocycles. The van der Waals surface area contributed by atoms with Crippen molar-refractivity contribution in [3.05, 3.63) is 69.1 Å². The van der Waals surface area contributed by atoms with E-state index in [-0.39, 0.29) is 5.92 Å². The largest absolute Gasteiger partial charge is 0.325 e. The van der Waals surface area contributed by atoms with Gasteiger partial charge >= 0.3 is 6.03 Å². The first-order chi connectivity index (χ1) is 12.6. The van der Waals surface area contributed by atoms with Gasteiger partial charge < -0.3 is 5.32 Å². The van der Waals surface area contributed by atoms with Crippen LogP contribution in [0.3, 0.4) is 0 Å². The Kier molecular flexibility index (Phi) is 6.08. The van der Waals surface area contributed by atoms with Crippen LogP contribution in [0.1, 0.15) is 29.8 Å². The monoisotopic (exact) mass is 406 g/mol. The van der Waals surface area contributed by atoms with Crippen LogP contribution in [-0.2, 0) is 0 Å². The number of rotatable bonds is 5. The molecule has 0 saturated heterocycles. The van der Waals surface area contributed by atoms with Gasteiger partial charge in [0, 0.05) is 10.9 Å². The predicted molar refractivity (Wildman–Crippen MR) is 108 cm³/mol. The van der Waals surface area contributed by atoms with E-state index in [1.54, 1.807) is 18.2 Å². The predicted octanol–water partition coefficient (Wildman–Crippen LogP) is 6.03. The van der Waals surface area contributed by atoms with Crippen LogP contribution >= 0.6 is 34.5 Å². The van der Waals surface area contributed by atoms with Crippen LogP contribution in [0.5, 0.6) is 0 Å². The number of urea groups is 1. The lowest BCUT2D eigenvalue weighted by Crippen LogP contribution is -2.19. The second-order valence-corrected chi connectivity index (χ2v) is 7.37. The average molecular weight is 407 g/mol. The molecular formula is C18H16Cl2N4OS. The van der Waals surface area contributed by atoms with Gasteiger partial charge in [-0.15, -0.1) is 10.2 Å². The molecule has 8 heteroatoms. The minimum absolute atomic E-state index is 0.151. The van der Waals surface area contributed by atoms with Gasteiger partial charge in [0.15, 0.2) is 0 Å². The highest BCUT2D eigenvalue weighted by Gasteiger charge is 2.18. The maximum absolute atomic E-state index is 12.2. The lowest BCUT2D eigenvalue weighted by molar-refractivity contribution is 0.262. The highest BCUT2D eigenvalue weighted by atomic mass is 35.5. The molecule has 0 bridgehead atoms. The molecule has 3 rings (SSSR count). The number of hydrogen-bond donors (Lipinski definition) is 2. The smallest absolute Gasteiger partial charge is 0.306 e. The average Bonchev–Trinajstić information content (AvgIpc) is 3.07. The second kappa shape index (κ2) is 8.49. The fourth-order valence-electron chi connectivity index (χ4n) is 2.51. The summed E-state index contributed by atoms with van der Waals surface area (Å²) in [6.07, 6.45) is 0.894. The van der Waals surface area contributed by atoms with Crippen molar-refractivity contribution in [1.29, 1.82) is 0 Å². The molecule has 0 saturated carbocycles. The van der Waals surface area contributed by atoms with E-state index < -0.39 is 6.03 Å². The van der Waals surface area contributed by atoms with E-state index in [0.717, 1.165) is 11.4 Å². The van der Waals surface area contributed by atoms with E-state index in [1.165, 1.54) is 16.9 Å². The molecule has 0 unspecified atom stereocenters. The summed E-state index contributed by atoms with van der Waals surface area (Å²) in [5, 5.41) is 15.8. The molecule has 1 atom stereocenters. The van der Waals surface area contributed by atoms with E-state index >= 15 is 0 Å². The lowest BCUT2D eigenvalue weighted by Gasteiger charge is -2.11. The van der Waals surface area contributed by atoms with Crippen molar-refractivity contribution in [2.24, 2.45) is 0 Å². The van der Waals surface area contributed by atoms with Crippen LogP contribution in [0.2, 0.25) is 10.0 Å². The summed E-state index contributed by atoms with van der Waals surface area (Å²) in [5.41, 5.74) is 1.64. The van der Waals surface area contributed by atoms with E-state index in [1.807, 2.05) is 18.2 Å². The summed E-state index contributed by atoms with van der Waals surface area (Å²) in [5.74, 6) is 0.151. The fraction of sp³-hybridized carbons (Fsp3) is 0.167. The molecule has 0 spiro atoms. The maximum atomic E-state index is 12.2. The molecule has 5 nitrogen and oxygen atoms in total. The molecule has 0 aliphatic heterocycles. The van der Waals surface area contributed by atoms with Crippen LogP contribution in [-0.4, -0.2) is 16.2 Å². The molecule has 1 aromatic heterocycles. The summed E-state index contributed by atoms with van der Waals surface area (Å²) >= 11 is 13.3. The number of amides is 2. The zero-order chi connectivity index (χ0) is 18.5. The Labute approximate surface area is 165 Å². The van der Waals surface area contributed by atoms with Gasteiger partial charge in [0.05, 0.1) is 10.7 Å². The molecule has 3 aromatic rings. The number of benzene rings is 2. The topological polar surface area (TPSA) is 66.9 Å². The highest BCUT2D eigenvalue weighted by molar-refractivity contribution is 7.15. The number of aromatic nitrogens is 2. The number of anilines is 2. The molecule has 0 aliphatic rings. The number of nitrogens with one attached hydrogen (secondary N) is 2. The number of carbonyl (C=O) groups excluding carboxylic acids is 1. The summed E-state index contributed by atoms with van der Waals surface area (Å²) in [6, 6.07) is 14.5. The molecule has 2 amide bonds. The Morgan fingerprint density at radius 1 is 1.12 bits per heavy atom. The van der Waals surface area contributed by atoms with Crippen LogP contribution in [0.15, 0.2) is 48.5 Å². The van der Waals surface area contributed by atoms with Crippen molar-refractivity contribution in [3.8, 4) is 0 Å². The molecule has 1 heterocycles. The molecule has 0 radical (unpaired) electrons. The second-order valence-electron chi connectivity index (χ2n) is 5.52. The van der Waals surface area contributed by atoms with Crippen molar-refractivity contribution >= 4 is 51.4 Å². The van der Waals surface area contributed by atoms with Crippen molar-refractivity contribution in [2.45, 2.75) is 19.3 Å². The first kappa shape index (κ1) is 18.6. The van der Waals surface area contributed by atoms with Gasteiger partial charge in [-0.2, -0.15) is 0 Å². The molecule has 0 aliphatic carbocycles. The fourth-order valence-corrected chi connectivity index (χ4v) is 3.91. The zero-order valence-corrected chi connectivity index (χ0v) is 16.2. The number of halogens is 2. The van der Waals surface area contributed by atoms with Crippen molar-refractivity contribution in [2.75, 3.05) is 10.6 Å². The van der Waals surface area contributed by atoms with Crippen molar-refractivity contribution in [1.82, 2.24) is 10.2 Å². The van der Waals surface area contributed by atoms with E-state index in [4.69, 9.17) is 23.2 Å². The summed E-state index contributed by atoms with van der Waals surface area (Å²) < 4.78 is 0. The first-order valence-electron chi connectivity index (χ1n) is 7.98. The van der Waals surface area contributed by atoms with Gasteiger partial charge in [-0.3, -0.25) is 5.32 Å². The van der Waals surface area contributed by atoms with Crippen molar-refractivity contribution in [3.63, 3.8) is 0 Å². The molecule has 134 valence electrons. The lowest BCUT2D eigenvalue weighted by atomic mass is 9.97.